The highest BCUT2D eigenvalue weighted by Gasteiger charge is 2.22. The molecule has 2 N–H and O–H groups in total. The van der Waals surface area contributed by atoms with E-state index in [9.17, 15) is 14.4 Å². The van der Waals surface area contributed by atoms with E-state index in [1.54, 1.807) is 13.0 Å². The number of nitrogens with one attached hydrogen (secondary N) is 2. The number of amides is 3. The van der Waals surface area contributed by atoms with Gasteiger partial charge in [-0.3, -0.25) is 10.1 Å². The fourth-order valence-corrected chi connectivity index (χ4v) is 2.78. The van der Waals surface area contributed by atoms with Crippen LogP contribution >= 0.6 is 11.3 Å². The quantitative estimate of drug-likeness (QED) is 0.786. The molecule has 6 nitrogen and oxygen atoms in total. The maximum atomic E-state index is 12.0. The first-order valence-electron chi connectivity index (χ1n) is 7.28. The molecule has 1 aromatic rings. The molecule has 0 aliphatic heterocycles. The van der Waals surface area contributed by atoms with Crippen LogP contribution in [0.5, 0.6) is 0 Å². The number of carbonyl (C=O) groups excluding carboxylic acids is 3. The lowest BCUT2D eigenvalue weighted by Crippen LogP contribution is -2.44. The van der Waals surface area contributed by atoms with E-state index < -0.39 is 24.0 Å². The number of esters is 1. The van der Waals surface area contributed by atoms with E-state index in [1.807, 2.05) is 6.92 Å². The lowest BCUT2D eigenvalue weighted by Gasteiger charge is -2.12. The van der Waals surface area contributed by atoms with Gasteiger partial charge in [0.25, 0.3) is 5.91 Å². The molecule has 0 spiro atoms. The number of ether oxygens (including phenoxy) is 1. The predicted molar refractivity (Wildman–Crippen MR) is 85.1 cm³/mol. The Balaban J connectivity index is 2.61. The monoisotopic (exact) mass is 326 g/mol. The zero-order valence-corrected chi connectivity index (χ0v) is 14.1. The molecule has 3 amide bonds. The van der Waals surface area contributed by atoms with Crippen molar-refractivity contribution in [2.75, 3.05) is 6.54 Å². The largest absolute Gasteiger partial charge is 0.448 e. The van der Waals surface area contributed by atoms with Crippen LogP contribution in [0, 0.1) is 6.92 Å². The molecule has 0 saturated heterocycles. The lowest BCUT2D eigenvalue weighted by atomic mass is 10.1. The van der Waals surface area contributed by atoms with Gasteiger partial charge in [-0.05, 0) is 38.8 Å². The fraction of sp³-hybridized carbons (Fsp3) is 0.533. The van der Waals surface area contributed by atoms with Gasteiger partial charge in [0.15, 0.2) is 6.10 Å². The summed E-state index contributed by atoms with van der Waals surface area (Å²) in [7, 11) is 0. The summed E-state index contributed by atoms with van der Waals surface area (Å²) in [6.07, 6.45) is 0.868. The third-order valence-corrected chi connectivity index (χ3v) is 4.04. The summed E-state index contributed by atoms with van der Waals surface area (Å²) in [5.41, 5.74) is 1.12. The van der Waals surface area contributed by atoms with Crippen molar-refractivity contribution in [3.05, 3.63) is 21.4 Å². The normalized spacial score (nSPS) is 11.6. The smallest absolute Gasteiger partial charge is 0.349 e. The Morgan fingerprint density at radius 1 is 1.32 bits per heavy atom. The van der Waals surface area contributed by atoms with Crippen molar-refractivity contribution in [2.45, 2.75) is 46.6 Å². The Hall–Kier alpha value is -1.89. The van der Waals surface area contributed by atoms with E-state index in [4.69, 9.17) is 4.74 Å². The zero-order chi connectivity index (χ0) is 16.7. The Morgan fingerprint density at radius 2 is 2.00 bits per heavy atom. The minimum absolute atomic E-state index is 0.405. The van der Waals surface area contributed by atoms with Gasteiger partial charge in [0.05, 0.1) is 0 Å². The van der Waals surface area contributed by atoms with E-state index >= 15 is 0 Å². The predicted octanol–water partition coefficient (Wildman–Crippen LogP) is 2.40. The SMILES string of the molecule is CCCc1cc(C(=O)O[C@H](C)C(=O)NC(=O)NCC)sc1C. The van der Waals surface area contributed by atoms with Crippen LogP contribution in [-0.4, -0.2) is 30.6 Å². The number of rotatable bonds is 6. The first-order valence-corrected chi connectivity index (χ1v) is 8.09. The molecule has 0 aliphatic carbocycles. The average Bonchev–Trinajstić information content (AvgIpc) is 2.81. The van der Waals surface area contributed by atoms with E-state index in [1.165, 1.54) is 18.3 Å². The molecular formula is C15H22N2O4S. The fourth-order valence-electron chi connectivity index (χ4n) is 1.83. The molecule has 1 heterocycles. The van der Waals surface area contributed by atoms with Gasteiger partial charge in [-0.1, -0.05) is 13.3 Å². The van der Waals surface area contributed by atoms with Gasteiger partial charge in [0.1, 0.15) is 4.88 Å². The number of hydrogen-bond acceptors (Lipinski definition) is 5. The van der Waals surface area contributed by atoms with Crippen LogP contribution in [0.3, 0.4) is 0 Å². The highest BCUT2D eigenvalue weighted by atomic mass is 32.1. The van der Waals surface area contributed by atoms with Crippen LogP contribution < -0.4 is 10.6 Å². The second kappa shape index (κ2) is 8.53. The maximum absolute atomic E-state index is 12.0. The van der Waals surface area contributed by atoms with E-state index in [2.05, 4.69) is 17.6 Å². The van der Waals surface area contributed by atoms with Crippen molar-refractivity contribution in [1.29, 1.82) is 0 Å². The number of imide groups is 1. The zero-order valence-electron chi connectivity index (χ0n) is 13.3. The van der Waals surface area contributed by atoms with Gasteiger partial charge >= 0.3 is 12.0 Å². The maximum Gasteiger partial charge on any atom is 0.349 e. The van der Waals surface area contributed by atoms with Crippen LogP contribution in [0.25, 0.3) is 0 Å². The molecule has 122 valence electrons. The number of urea groups is 1. The van der Waals surface area contributed by atoms with Gasteiger partial charge in [-0.15, -0.1) is 11.3 Å². The molecule has 0 aromatic carbocycles. The number of thiophene rings is 1. The Kier molecular flexibility index (Phi) is 7.04. The van der Waals surface area contributed by atoms with E-state index in [0.29, 0.717) is 11.4 Å². The minimum atomic E-state index is -1.04. The van der Waals surface area contributed by atoms with Crippen molar-refractivity contribution in [3.8, 4) is 0 Å². The van der Waals surface area contributed by atoms with Crippen LogP contribution in [0.2, 0.25) is 0 Å². The molecule has 0 saturated carbocycles. The molecule has 22 heavy (non-hydrogen) atoms. The van der Waals surface area contributed by atoms with Crippen molar-refractivity contribution in [3.63, 3.8) is 0 Å². The molecule has 0 unspecified atom stereocenters. The summed E-state index contributed by atoms with van der Waals surface area (Å²) >= 11 is 1.35. The highest BCUT2D eigenvalue weighted by Crippen LogP contribution is 2.23. The first kappa shape index (κ1) is 18.2. The van der Waals surface area contributed by atoms with Crippen molar-refractivity contribution in [2.24, 2.45) is 0 Å². The number of carbonyl (C=O) groups is 3. The van der Waals surface area contributed by atoms with Gasteiger partial charge in [-0.25, -0.2) is 9.59 Å². The van der Waals surface area contributed by atoms with Crippen LogP contribution in [0.15, 0.2) is 6.07 Å². The number of hydrogen-bond donors (Lipinski definition) is 2. The van der Waals surface area contributed by atoms with E-state index in [-0.39, 0.29) is 0 Å². The van der Waals surface area contributed by atoms with Gasteiger partial charge in [0, 0.05) is 11.4 Å². The summed E-state index contributed by atoms with van der Waals surface area (Å²) in [6.45, 7) is 7.60. The Morgan fingerprint density at radius 3 is 2.59 bits per heavy atom. The molecule has 1 rings (SSSR count). The molecule has 1 aromatic heterocycles. The third kappa shape index (κ3) is 5.14. The van der Waals surface area contributed by atoms with Gasteiger partial charge in [-0.2, -0.15) is 0 Å². The molecule has 0 radical (unpaired) electrons. The Bertz CT molecular complexity index is 554. The van der Waals surface area contributed by atoms with Crippen molar-refractivity contribution in [1.82, 2.24) is 10.6 Å². The van der Waals surface area contributed by atoms with Crippen molar-refractivity contribution < 1.29 is 19.1 Å². The van der Waals surface area contributed by atoms with Gasteiger partial charge in [0.2, 0.25) is 0 Å². The molecule has 0 aliphatic rings. The summed E-state index contributed by atoms with van der Waals surface area (Å²) < 4.78 is 5.10. The lowest BCUT2D eigenvalue weighted by molar-refractivity contribution is -0.127. The van der Waals surface area contributed by atoms with Crippen LogP contribution in [0.4, 0.5) is 4.79 Å². The summed E-state index contributed by atoms with van der Waals surface area (Å²) in [6, 6.07) is 1.20. The molecule has 1 atom stereocenters. The topological polar surface area (TPSA) is 84.5 Å². The second-order valence-electron chi connectivity index (χ2n) is 4.84. The van der Waals surface area contributed by atoms with E-state index in [0.717, 1.165) is 23.3 Å². The number of aryl methyl sites for hydroxylation is 2. The van der Waals surface area contributed by atoms with Crippen LogP contribution in [-0.2, 0) is 16.0 Å². The minimum Gasteiger partial charge on any atom is -0.448 e. The first-order chi connectivity index (χ1) is 10.4. The second-order valence-corrected chi connectivity index (χ2v) is 6.09. The summed E-state index contributed by atoms with van der Waals surface area (Å²) in [4.78, 5) is 36.6. The standard InChI is InChI=1S/C15H22N2O4S/c1-5-7-11-8-12(22-10(11)4)14(19)21-9(3)13(18)17-15(20)16-6-2/h8-9H,5-7H2,1-4H3,(H2,16,17,18,20)/t9-/m1/s1. The summed E-state index contributed by atoms with van der Waals surface area (Å²) in [5.74, 6) is -1.20. The molecule has 0 fully saturated rings. The van der Waals surface area contributed by atoms with Crippen molar-refractivity contribution >= 4 is 29.2 Å². The Labute approximate surface area is 134 Å². The third-order valence-electron chi connectivity index (χ3n) is 2.97. The molecule has 0 bridgehead atoms. The highest BCUT2D eigenvalue weighted by molar-refractivity contribution is 7.14. The average molecular weight is 326 g/mol. The molecule has 7 heteroatoms. The van der Waals surface area contributed by atoms with Gasteiger partial charge < -0.3 is 10.1 Å². The molecular weight excluding hydrogens is 304 g/mol. The summed E-state index contributed by atoms with van der Waals surface area (Å²) in [5, 5.41) is 4.54. The van der Waals surface area contributed by atoms with Crippen LogP contribution in [0.1, 0.15) is 47.3 Å².